The van der Waals surface area contributed by atoms with Crippen LogP contribution in [0.25, 0.3) is 0 Å². The van der Waals surface area contributed by atoms with Gasteiger partial charge in [-0.15, -0.1) is 0 Å². The Bertz CT molecular complexity index is 666. The van der Waals surface area contributed by atoms with Crippen molar-refractivity contribution < 1.29 is 14.3 Å². The van der Waals surface area contributed by atoms with Gasteiger partial charge in [0, 0.05) is 25.8 Å². The monoisotopic (exact) mass is 320 g/mol. The molecule has 2 fully saturated rings. The highest BCUT2D eigenvalue weighted by Crippen LogP contribution is 2.21. The smallest absolute Gasteiger partial charge is 0.263 e. The lowest BCUT2D eigenvalue weighted by Crippen LogP contribution is -2.51. The Morgan fingerprint density at radius 1 is 1.30 bits per heavy atom. The zero-order valence-electron chi connectivity index (χ0n) is 13.1. The highest BCUT2D eigenvalue weighted by Gasteiger charge is 2.38. The Morgan fingerprint density at radius 3 is 2.74 bits per heavy atom. The maximum absolute atomic E-state index is 12.7. The first-order chi connectivity index (χ1) is 11.1. The fourth-order valence-electron chi connectivity index (χ4n) is 3.05. The third-order valence-electron chi connectivity index (χ3n) is 4.28. The summed E-state index contributed by atoms with van der Waals surface area (Å²) in [5, 5.41) is 0. The van der Waals surface area contributed by atoms with E-state index in [1.54, 1.807) is 11.8 Å². The van der Waals surface area contributed by atoms with Crippen LogP contribution in [0.5, 0.6) is 0 Å². The van der Waals surface area contributed by atoms with Crippen molar-refractivity contribution in [2.75, 3.05) is 32.8 Å². The molecule has 0 spiro atoms. The lowest BCUT2D eigenvalue weighted by Gasteiger charge is -2.32. The summed E-state index contributed by atoms with van der Waals surface area (Å²) in [5.74, 6) is -0.0348. The minimum atomic E-state index is -0.499. The van der Waals surface area contributed by atoms with Gasteiger partial charge in [-0.05, 0) is 19.8 Å². The third kappa shape index (κ3) is 3.12. The van der Waals surface area contributed by atoms with Crippen molar-refractivity contribution in [1.82, 2.24) is 19.8 Å². The third-order valence-corrected chi connectivity index (χ3v) is 4.28. The molecule has 0 bridgehead atoms. The van der Waals surface area contributed by atoms with Crippen molar-refractivity contribution in [2.45, 2.75) is 25.8 Å². The van der Waals surface area contributed by atoms with Crippen molar-refractivity contribution in [3.63, 3.8) is 0 Å². The largest absolute Gasteiger partial charge is 0.378 e. The van der Waals surface area contributed by atoms with Crippen LogP contribution in [-0.2, 0) is 9.53 Å². The Kier molecular flexibility index (Phi) is 4.42. The normalized spacial score (nSPS) is 21.5. The maximum Gasteiger partial charge on any atom is 0.263 e. The molecule has 0 saturated carbocycles. The molecule has 1 aromatic heterocycles. The fourth-order valence-corrected chi connectivity index (χ4v) is 3.05. The highest BCUT2D eigenvalue weighted by molar-refractivity contribution is 5.97. The molecule has 0 unspecified atom stereocenters. The van der Waals surface area contributed by atoms with Crippen LogP contribution in [0, 0.1) is 6.92 Å². The number of likely N-dealkylation sites (tertiary alicyclic amines) is 1. The summed E-state index contributed by atoms with van der Waals surface area (Å²) < 4.78 is 5.25. The number of nitrogens with one attached hydrogen (secondary N) is 1. The fraction of sp³-hybridized carbons (Fsp3) is 0.600. The number of morpholine rings is 1. The van der Waals surface area contributed by atoms with Crippen molar-refractivity contribution in [3.05, 3.63) is 27.9 Å². The first kappa shape index (κ1) is 15.7. The van der Waals surface area contributed by atoms with Gasteiger partial charge in [-0.1, -0.05) is 0 Å². The van der Waals surface area contributed by atoms with Crippen LogP contribution >= 0.6 is 0 Å². The van der Waals surface area contributed by atoms with Crippen LogP contribution in [0.15, 0.2) is 11.0 Å². The molecule has 3 rings (SSSR count). The molecule has 1 N–H and O–H groups in total. The van der Waals surface area contributed by atoms with Gasteiger partial charge in [-0.25, -0.2) is 4.98 Å². The van der Waals surface area contributed by atoms with E-state index in [0.29, 0.717) is 45.1 Å². The minimum absolute atomic E-state index is 0.0164. The lowest BCUT2D eigenvalue weighted by atomic mass is 10.1. The maximum atomic E-state index is 12.7. The van der Waals surface area contributed by atoms with E-state index in [9.17, 15) is 14.4 Å². The van der Waals surface area contributed by atoms with Gasteiger partial charge in [-0.2, -0.15) is 0 Å². The Hall–Kier alpha value is -2.22. The predicted octanol–water partition coefficient (Wildman–Crippen LogP) is -0.458. The van der Waals surface area contributed by atoms with E-state index in [2.05, 4.69) is 9.97 Å². The predicted molar refractivity (Wildman–Crippen MR) is 81.1 cm³/mol. The molecule has 8 nitrogen and oxygen atoms in total. The summed E-state index contributed by atoms with van der Waals surface area (Å²) in [6.45, 7) is 4.26. The summed E-state index contributed by atoms with van der Waals surface area (Å²) in [4.78, 5) is 47.0. The summed E-state index contributed by atoms with van der Waals surface area (Å²) in [6.07, 6.45) is 2.66. The highest BCUT2D eigenvalue weighted by atomic mass is 16.5. The van der Waals surface area contributed by atoms with Gasteiger partial charge in [-0.3, -0.25) is 14.4 Å². The standard InChI is InChI=1S/C15H20N4O4/c1-10-16-9-11(13(20)17-10)14(21)19-4-2-3-12(19)15(22)18-5-7-23-8-6-18/h9,12H,2-8H2,1H3,(H,16,17,20)/t12-/m0/s1. The number of hydrogen-bond donors (Lipinski definition) is 1. The average Bonchev–Trinajstić information content (AvgIpc) is 3.04. The molecule has 2 saturated heterocycles. The van der Waals surface area contributed by atoms with Crippen molar-refractivity contribution in [2.24, 2.45) is 0 Å². The minimum Gasteiger partial charge on any atom is -0.378 e. The summed E-state index contributed by atoms with van der Waals surface area (Å²) in [6, 6.07) is -0.499. The number of amides is 2. The molecule has 2 amide bonds. The molecule has 8 heteroatoms. The molecule has 23 heavy (non-hydrogen) atoms. The quantitative estimate of drug-likeness (QED) is 0.796. The van der Waals surface area contributed by atoms with Gasteiger partial charge < -0.3 is 19.5 Å². The van der Waals surface area contributed by atoms with Crippen LogP contribution in [0.2, 0.25) is 0 Å². The number of carbonyl (C=O) groups excluding carboxylic acids is 2. The number of carbonyl (C=O) groups is 2. The molecule has 2 aliphatic rings. The molecule has 0 aliphatic carbocycles. The first-order valence-electron chi connectivity index (χ1n) is 7.81. The second-order valence-electron chi connectivity index (χ2n) is 5.81. The zero-order valence-corrected chi connectivity index (χ0v) is 13.1. The van der Waals surface area contributed by atoms with E-state index in [0.717, 1.165) is 6.42 Å². The van der Waals surface area contributed by atoms with Crippen LogP contribution in [0.3, 0.4) is 0 Å². The summed E-state index contributed by atoms with van der Waals surface area (Å²) in [7, 11) is 0. The molecule has 0 radical (unpaired) electrons. The number of hydrogen-bond acceptors (Lipinski definition) is 5. The van der Waals surface area contributed by atoms with Gasteiger partial charge in [0.05, 0.1) is 13.2 Å². The van der Waals surface area contributed by atoms with E-state index in [-0.39, 0.29) is 11.5 Å². The van der Waals surface area contributed by atoms with Crippen LogP contribution in [-0.4, -0.2) is 70.5 Å². The average molecular weight is 320 g/mol. The van der Waals surface area contributed by atoms with Crippen molar-refractivity contribution in [3.8, 4) is 0 Å². The Morgan fingerprint density at radius 2 is 2.04 bits per heavy atom. The van der Waals surface area contributed by atoms with E-state index in [4.69, 9.17) is 4.74 Å². The van der Waals surface area contributed by atoms with Gasteiger partial charge in [0.25, 0.3) is 11.5 Å². The van der Waals surface area contributed by atoms with Crippen molar-refractivity contribution >= 4 is 11.8 Å². The number of H-pyrrole nitrogens is 1. The molecule has 3 heterocycles. The SMILES string of the molecule is Cc1ncc(C(=O)N2CCC[C@H]2C(=O)N2CCOCC2)c(=O)[nH]1. The number of aromatic amines is 1. The van der Waals surface area contributed by atoms with Crippen LogP contribution in [0.4, 0.5) is 0 Å². The number of rotatable bonds is 2. The van der Waals surface area contributed by atoms with Gasteiger partial charge >= 0.3 is 0 Å². The second kappa shape index (κ2) is 6.49. The van der Waals surface area contributed by atoms with Crippen LogP contribution in [0.1, 0.15) is 29.0 Å². The molecule has 0 aromatic carbocycles. The van der Waals surface area contributed by atoms with Gasteiger partial charge in [0.1, 0.15) is 17.4 Å². The topological polar surface area (TPSA) is 95.6 Å². The number of aryl methyl sites for hydroxylation is 1. The molecule has 1 aromatic rings. The van der Waals surface area contributed by atoms with E-state index in [1.165, 1.54) is 11.1 Å². The zero-order chi connectivity index (χ0) is 16.4. The molecular formula is C15H20N4O4. The number of nitrogens with zero attached hydrogens (tertiary/aromatic N) is 3. The lowest BCUT2D eigenvalue weighted by molar-refractivity contribution is -0.139. The second-order valence-corrected chi connectivity index (χ2v) is 5.81. The van der Waals surface area contributed by atoms with Crippen molar-refractivity contribution in [1.29, 1.82) is 0 Å². The molecule has 1 atom stereocenters. The first-order valence-corrected chi connectivity index (χ1v) is 7.81. The molecular weight excluding hydrogens is 300 g/mol. The van der Waals surface area contributed by atoms with E-state index < -0.39 is 17.5 Å². The van der Waals surface area contributed by atoms with Crippen LogP contribution < -0.4 is 5.56 Å². The van der Waals surface area contributed by atoms with Gasteiger partial charge in [0.2, 0.25) is 5.91 Å². The van der Waals surface area contributed by atoms with E-state index >= 15 is 0 Å². The molecule has 2 aliphatic heterocycles. The number of ether oxygens (including phenoxy) is 1. The van der Waals surface area contributed by atoms with E-state index in [1.807, 2.05) is 0 Å². The number of aromatic nitrogens is 2. The summed E-state index contributed by atoms with van der Waals surface area (Å²) >= 11 is 0. The molecule has 124 valence electrons. The summed E-state index contributed by atoms with van der Waals surface area (Å²) in [5.41, 5.74) is -0.482. The van der Waals surface area contributed by atoms with Gasteiger partial charge in [0.15, 0.2) is 0 Å². The Balaban J connectivity index is 1.79. The Labute approximate surface area is 133 Å².